The van der Waals surface area contributed by atoms with Gasteiger partial charge in [0.15, 0.2) is 9.84 Å². The molecule has 4 rings (SSSR count). The Labute approximate surface area is 148 Å². The van der Waals surface area contributed by atoms with E-state index in [1.54, 1.807) is 4.90 Å². The first-order valence-corrected chi connectivity index (χ1v) is 10.0. The van der Waals surface area contributed by atoms with E-state index in [2.05, 4.69) is 0 Å². The molecule has 0 amide bonds. The van der Waals surface area contributed by atoms with Crippen LogP contribution in [0.1, 0.15) is 22.8 Å². The topological polar surface area (TPSA) is 57.6 Å². The fourth-order valence-electron chi connectivity index (χ4n) is 3.91. The third kappa shape index (κ3) is 2.51. The molecule has 0 saturated carbocycles. The lowest BCUT2D eigenvalue weighted by atomic mass is 10.1. The second kappa shape index (κ2) is 5.72. The molecule has 2 atom stereocenters. The van der Waals surface area contributed by atoms with Gasteiger partial charge in [-0.05, 0) is 30.2 Å². The van der Waals surface area contributed by atoms with E-state index in [4.69, 9.17) is 0 Å². The van der Waals surface area contributed by atoms with Crippen molar-refractivity contribution in [1.29, 1.82) is 0 Å². The van der Waals surface area contributed by atoms with Gasteiger partial charge in [-0.15, -0.1) is 0 Å². The molecule has 0 bridgehead atoms. The van der Waals surface area contributed by atoms with Crippen LogP contribution in [0.5, 0.6) is 0 Å². The Morgan fingerprint density at radius 3 is 2.58 bits per heavy atom. The fraction of sp³-hybridized carbons (Fsp3) is 0.333. The van der Waals surface area contributed by atoms with E-state index < -0.39 is 33.7 Å². The molecule has 0 fully saturated rings. The minimum Gasteiger partial charge on any atom is -0.385 e. The summed E-state index contributed by atoms with van der Waals surface area (Å²) in [5.41, 5.74) is 1.58. The smallest absolute Gasteiger partial charge is 0.175 e. The van der Waals surface area contributed by atoms with Gasteiger partial charge in [0.1, 0.15) is 23.9 Å². The molecule has 0 radical (unpaired) electrons. The van der Waals surface area contributed by atoms with E-state index in [9.17, 15) is 26.7 Å². The summed E-state index contributed by atoms with van der Waals surface area (Å²) in [6.07, 6.45) is -1.97. The van der Waals surface area contributed by atoms with Crippen LogP contribution in [0.4, 0.5) is 24.5 Å². The predicted molar refractivity (Wildman–Crippen MR) is 90.2 cm³/mol. The SMILES string of the molecule is CS(=O)(=O)c1ccc(N2CCc3c(F)cc(F)cc32)c2c1[C@H](O)[C@H](F)C2. The van der Waals surface area contributed by atoms with Gasteiger partial charge < -0.3 is 10.0 Å². The summed E-state index contributed by atoms with van der Waals surface area (Å²) in [7, 11) is -3.66. The highest BCUT2D eigenvalue weighted by Crippen LogP contribution is 2.46. The highest BCUT2D eigenvalue weighted by Gasteiger charge is 2.39. The largest absolute Gasteiger partial charge is 0.385 e. The lowest BCUT2D eigenvalue weighted by molar-refractivity contribution is 0.0907. The van der Waals surface area contributed by atoms with Gasteiger partial charge in [-0.3, -0.25) is 0 Å². The molecule has 4 nitrogen and oxygen atoms in total. The van der Waals surface area contributed by atoms with E-state index in [1.807, 2.05) is 0 Å². The van der Waals surface area contributed by atoms with Crippen LogP contribution in [0.25, 0.3) is 0 Å². The maximum atomic E-state index is 14.2. The maximum absolute atomic E-state index is 14.2. The number of benzene rings is 2. The van der Waals surface area contributed by atoms with Crippen LogP contribution in [-0.4, -0.2) is 32.5 Å². The molecule has 0 saturated heterocycles. The standard InChI is InChI=1S/C18H16F3NO3S/c1-26(24,25)16-3-2-14(11-8-13(21)18(23)17(11)16)22-5-4-10-12(20)6-9(19)7-15(10)22/h2-3,6-7,13,18,23H,4-5,8H2,1H3/t13-,18-/m1/s1. The number of hydrogen-bond donors (Lipinski definition) is 1. The van der Waals surface area contributed by atoms with Crippen LogP contribution in [0.3, 0.4) is 0 Å². The molecular formula is C18H16F3NO3S. The Morgan fingerprint density at radius 1 is 1.15 bits per heavy atom. The molecule has 1 aliphatic heterocycles. The zero-order valence-corrected chi connectivity index (χ0v) is 14.7. The van der Waals surface area contributed by atoms with Crippen molar-refractivity contribution >= 4 is 21.2 Å². The lowest BCUT2D eigenvalue weighted by Crippen LogP contribution is -2.16. The average molecular weight is 383 g/mol. The highest BCUT2D eigenvalue weighted by atomic mass is 32.2. The normalized spacial score (nSPS) is 21.8. The van der Waals surface area contributed by atoms with Crippen molar-refractivity contribution < 1.29 is 26.7 Å². The number of nitrogens with zero attached hydrogens (tertiary/aromatic N) is 1. The van der Waals surface area contributed by atoms with Crippen molar-refractivity contribution in [3.8, 4) is 0 Å². The van der Waals surface area contributed by atoms with E-state index in [0.29, 0.717) is 35.5 Å². The molecule has 0 unspecified atom stereocenters. The van der Waals surface area contributed by atoms with Crippen LogP contribution in [-0.2, 0) is 22.7 Å². The Kier molecular flexibility index (Phi) is 3.82. The van der Waals surface area contributed by atoms with Crippen LogP contribution in [0.15, 0.2) is 29.2 Å². The number of fused-ring (bicyclic) bond motifs is 2. The van der Waals surface area contributed by atoms with Crippen LogP contribution in [0, 0.1) is 11.6 Å². The number of anilines is 2. The summed E-state index contributed by atoms with van der Waals surface area (Å²) >= 11 is 0. The quantitative estimate of drug-likeness (QED) is 0.866. The van der Waals surface area contributed by atoms with E-state index in [-0.39, 0.29) is 16.9 Å². The first-order valence-electron chi connectivity index (χ1n) is 8.12. The second-order valence-electron chi connectivity index (χ2n) is 6.70. The molecule has 1 N–H and O–H groups in total. The molecule has 0 spiro atoms. The molecule has 138 valence electrons. The number of halogens is 3. The van der Waals surface area contributed by atoms with Crippen molar-refractivity contribution in [2.24, 2.45) is 0 Å². The van der Waals surface area contributed by atoms with Gasteiger partial charge in [-0.2, -0.15) is 0 Å². The van der Waals surface area contributed by atoms with Crippen molar-refractivity contribution in [3.05, 3.63) is 52.6 Å². The predicted octanol–water partition coefficient (Wildman–Crippen LogP) is 2.99. The monoisotopic (exact) mass is 383 g/mol. The molecule has 2 aromatic rings. The van der Waals surface area contributed by atoms with Crippen molar-refractivity contribution in [1.82, 2.24) is 0 Å². The number of hydrogen-bond acceptors (Lipinski definition) is 4. The Balaban J connectivity index is 1.92. The summed E-state index contributed by atoms with van der Waals surface area (Å²) < 4.78 is 65.9. The van der Waals surface area contributed by atoms with Gasteiger partial charge in [0.2, 0.25) is 0 Å². The Bertz CT molecular complexity index is 1020. The summed E-state index contributed by atoms with van der Waals surface area (Å²) in [5.74, 6) is -1.36. The van der Waals surface area contributed by atoms with Crippen molar-refractivity contribution in [2.45, 2.75) is 30.0 Å². The minimum atomic E-state index is -3.66. The Hall–Kier alpha value is -2.06. The fourth-order valence-corrected chi connectivity index (χ4v) is 4.87. The van der Waals surface area contributed by atoms with Gasteiger partial charge in [-0.1, -0.05) is 0 Å². The number of rotatable bonds is 2. The molecule has 1 aliphatic carbocycles. The summed E-state index contributed by atoms with van der Waals surface area (Å²) in [6, 6.07) is 4.86. The highest BCUT2D eigenvalue weighted by molar-refractivity contribution is 7.90. The molecule has 2 aliphatic rings. The second-order valence-corrected chi connectivity index (χ2v) is 8.68. The van der Waals surface area contributed by atoms with Gasteiger partial charge >= 0.3 is 0 Å². The number of sulfone groups is 1. The third-order valence-corrected chi connectivity index (χ3v) is 6.19. The van der Waals surface area contributed by atoms with Crippen molar-refractivity contribution in [2.75, 3.05) is 17.7 Å². The van der Waals surface area contributed by atoms with Gasteiger partial charge in [-0.25, -0.2) is 21.6 Å². The summed E-state index contributed by atoms with van der Waals surface area (Å²) in [6.45, 7) is 0.355. The first kappa shape index (κ1) is 17.4. The van der Waals surface area contributed by atoms with Gasteiger partial charge in [0, 0.05) is 42.1 Å². The van der Waals surface area contributed by atoms with E-state index in [0.717, 1.165) is 12.3 Å². The molecule has 0 aromatic heterocycles. The van der Waals surface area contributed by atoms with Crippen molar-refractivity contribution in [3.63, 3.8) is 0 Å². The molecule has 1 heterocycles. The number of aliphatic hydroxyl groups excluding tert-OH is 1. The molecule has 26 heavy (non-hydrogen) atoms. The number of aliphatic hydroxyl groups is 1. The van der Waals surface area contributed by atoms with Crippen LogP contribution >= 0.6 is 0 Å². The molecule has 8 heteroatoms. The number of alkyl halides is 1. The zero-order valence-electron chi connectivity index (χ0n) is 13.8. The third-order valence-electron chi connectivity index (χ3n) is 5.03. The first-order chi connectivity index (χ1) is 12.2. The zero-order chi connectivity index (χ0) is 18.8. The molecule has 2 aromatic carbocycles. The minimum absolute atomic E-state index is 0.0443. The average Bonchev–Trinajstić information content (AvgIpc) is 3.08. The van der Waals surface area contributed by atoms with E-state index >= 15 is 0 Å². The Morgan fingerprint density at radius 2 is 1.88 bits per heavy atom. The van der Waals surface area contributed by atoms with E-state index in [1.165, 1.54) is 18.2 Å². The summed E-state index contributed by atoms with van der Waals surface area (Å²) in [5, 5.41) is 10.2. The van der Waals surface area contributed by atoms with Crippen LogP contribution < -0.4 is 4.90 Å². The maximum Gasteiger partial charge on any atom is 0.175 e. The van der Waals surface area contributed by atoms with Gasteiger partial charge in [0.05, 0.1) is 10.6 Å². The molecular weight excluding hydrogens is 367 g/mol. The summed E-state index contributed by atoms with van der Waals surface area (Å²) in [4.78, 5) is 1.53. The lowest BCUT2D eigenvalue weighted by Gasteiger charge is -2.24. The van der Waals surface area contributed by atoms with Gasteiger partial charge in [0.25, 0.3) is 0 Å². The van der Waals surface area contributed by atoms with Crippen LogP contribution in [0.2, 0.25) is 0 Å².